The summed E-state index contributed by atoms with van der Waals surface area (Å²) in [6, 6.07) is 0.972. The number of esters is 1. The minimum Gasteiger partial charge on any atom is -0.462 e. The van der Waals surface area contributed by atoms with E-state index < -0.39 is 17.8 Å². The number of nitrogens with zero attached hydrogens (tertiary/aromatic N) is 3. The van der Waals surface area contributed by atoms with Crippen molar-refractivity contribution in [1.29, 1.82) is 0 Å². The summed E-state index contributed by atoms with van der Waals surface area (Å²) >= 11 is 0. The number of rotatable bonds is 8. The number of unbranched alkanes of at least 4 members (excludes halogenated alkanes) is 1. The maximum atomic E-state index is 13.6. The Morgan fingerprint density at radius 1 is 1.25 bits per heavy atom. The van der Waals surface area contributed by atoms with Gasteiger partial charge < -0.3 is 4.74 Å². The van der Waals surface area contributed by atoms with Crippen LogP contribution >= 0.6 is 0 Å². The quantitative estimate of drug-likeness (QED) is 0.302. The lowest BCUT2D eigenvalue weighted by Gasteiger charge is -2.15. The molecule has 0 radical (unpaired) electrons. The largest absolute Gasteiger partial charge is 0.462 e. The molecule has 0 aliphatic rings. The summed E-state index contributed by atoms with van der Waals surface area (Å²) in [5.74, 6) is -1.14. The standard InChI is InChI=1S/C19H22F3N3O2.2C2H6.CH4/c1-4-7-8-10-13(9-5-2)15-11-16(19(20,21)22)25-17(24-15)14(12-23-25)18(26)27-6-3;2*1-2;/h5,8,10-13H,2,4,6-7,9H2,1,3H3;2*1-2H3;1H4/b10-8-;;;. The lowest BCUT2D eigenvalue weighted by Crippen LogP contribution is -2.16. The van der Waals surface area contributed by atoms with Gasteiger partial charge in [-0.2, -0.15) is 18.3 Å². The van der Waals surface area contributed by atoms with Crippen LogP contribution in [0.25, 0.3) is 5.65 Å². The van der Waals surface area contributed by atoms with Crippen molar-refractivity contribution in [2.75, 3.05) is 6.61 Å². The summed E-state index contributed by atoms with van der Waals surface area (Å²) in [7, 11) is 0. The molecule has 0 aliphatic carbocycles. The first-order chi connectivity index (χ1) is 14.8. The molecule has 0 aromatic carbocycles. The highest BCUT2D eigenvalue weighted by Gasteiger charge is 2.36. The number of ether oxygens (including phenoxy) is 1. The average Bonchev–Trinajstić information content (AvgIpc) is 3.19. The number of halogens is 3. The molecule has 0 saturated heterocycles. The fraction of sp³-hybridized carbons (Fsp3) is 0.542. The molecule has 0 amide bonds. The molecular weight excluding hydrogens is 419 g/mol. The number of carbonyl (C=O) groups is 1. The molecule has 2 heterocycles. The zero-order valence-corrected chi connectivity index (χ0v) is 19.3. The molecule has 0 spiro atoms. The Kier molecular flexibility index (Phi) is 15.8. The minimum absolute atomic E-state index is 0. The molecule has 2 aromatic heterocycles. The molecule has 0 aliphatic heterocycles. The fourth-order valence-electron chi connectivity index (χ4n) is 2.63. The Labute approximate surface area is 190 Å². The summed E-state index contributed by atoms with van der Waals surface area (Å²) in [5, 5.41) is 3.71. The van der Waals surface area contributed by atoms with Crippen LogP contribution in [-0.4, -0.2) is 27.2 Å². The van der Waals surface area contributed by atoms with Crippen LogP contribution in [0, 0.1) is 0 Å². The summed E-state index contributed by atoms with van der Waals surface area (Å²) in [6.07, 6.45) is 3.91. The van der Waals surface area contributed by atoms with Crippen molar-refractivity contribution in [2.45, 2.75) is 80.3 Å². The van der Waals surface area contributed by atoms with E-state index in [0.717, 1.165) is 25.1 Å². The number of carbonyl (C=O) groups excluding carboxylic acids is 1. The molecule has 0 N–H and O–H groups in total. The molecule has 0 fully saturated rings. The van der Waals surface area contributed by atoms with Crippen molar-refractivity contribution in [3.8, 4) is 0 Å². The molecule has 0 saturated carbocycles. The molecular formula is C24H38F3N3O2. The van der Waals surface area contributed by atoms with Gasteiger partial charge >= 0.3 is 12.1 Å². The van der Waals surface area contributed by atoms with Crippen LogP contribution in [-0.2, 0) is 10.9 Å². The normalized spacial score (nSPS) is 11.5. The van der Waals surface area contributed by atoms with Crippen molar-refractivity contribution in [3.05, 3.63) is 54.0 Å². The highest BCUT2D eigenvalue weighted by atomic mass is 19.4. The molecule has 5 nitrogen and oxygen atoms in total. The Morgan fingerprint density at radius 3 is 2.38 bits per heavy atom. The zero-order valence-electron chi connectivity index (χ0n) is 19.3. The summed E-state index contributed by atoms with van der Waals surface area (Å²) in [5.41, 5.74) is -1.06. The first-order valence-electron chi connectivity index (χ1n) is 10.7. The first-order valence-corrected chi connectivity index (χ1v) is 10.7. The predicted octanol–water partition coefficient (Wildman–Crippen LogP) is 7.63. The second-order valence-corrected chi connectivity index (χ2v) is 5.93. The number of hydrogen-bond donors (Lipinski definition) is 0. The van der Waals surface area contributed by atoms with Crippen LogP contribution in [0.2, 0.25) is 0 Å². The van der Waals surface area contributed by atoms with Gasteiger partial charge in [-0.3, -0.25) is 0 Å². The zero-order chi connectivity index (χ0) is 24.0. The molecule has 1 atom stereocenters. The molecule has 32 heavy (non-hydrogen) atoms. The van der Waals surface area contributed by atoms with Crippen molar-refractivity contribution in [3.63, 3.8) is 0 Å². The summed E-state index contributed by atoms with van der Waals surface area (Å²) in [4.78, 5) is 16.4. The van der Waals surface area contributed by atoms with Gasteiger partial charge in [0.25, 0.3) is 0 Å². The van der Waals surface area contributed by atoms with E-state index in [1.54, 1.807) is 13.0 Å². The maximum Gasteiger partial charge on any atom is 0.433 e. The van der Waals surface area contributed by atoms with Crippen molar-refractivity contribution >= 4 is 11.6 Å². The van der Waals surface area contributed by atoms with E-state index in [1.165, 1.54) is 0 Å². The van der Waals surface area contributed by atoms with Crippen LogP contribution in [0.3, 0.4) is 0 Å². The third-order valence-electron chi connectivity index (χ3n) is 3.90. The van der Waals surface area contributed by atoms with Crippen molar-refractivity contribution in [1.82, 2.24) is 14.6 Å². The molecule has 2 rings (SSSR count). The Bertz CT molecular complexity index is 843. The van der Waals surface area contributed by atoms with Gasteiger partial charge in [0, 0.05) is 5.92 Å². The maximum absolute atomic E-state index is 13.6. The van der Waals surface area contributed by atoms with E-state index in [0.29, 0.717) is 10.9 Å². The molecule has 0 bridgehead atoms. The Balaban J connectivity index is 0. The molecule has 2 aromatic rings. The van der Waals surface area contributed by atoms with Crippen molar-refractivity contribution < 1.29 is 22.7 Å². The van der Waals surface area contributed by atoms with Gasteiger partial charge in [-0.25, -0.2) is 14.3 Å². The van der Waals surface area contributed by atoms with E-state index in [2.05, 4.69) is 16.7 Å². The van der Waals surface area contributed by atoms with Gasteiger partial charge in [0.15, 0.2) is 5.65 Å². The van der Waals surface area contributed by atoms with Crippen LogP contribution in [0.15, 0.2) is 37.1 Å². The molecule has 8 heteroatoms. The van der Waals surface area contributed by atoms with Crippen LogP contribution < -0.4 is 0 Å². The minimum atomic E-state index is -4.65. The summed E-state index contributed by atoms with van der Waals surface area (Å²) in [6.45, 7) is 15.4. The number of aromatic nitrogens is 3. The third-order valence-corrected chi connectivity index (χ3v) is 3.90. The van der Waals surface area contributed by atoms with Gasteiger partial charge in [0.05, 0.1) is 18.5 Å². The predicted molar refractivity (Wildman–Crippen MR) is 125 cm³/mol. The first kappa shape index (κ1) is 31.5. The van der Waals surface area contributed by atoms with E-state index in [4.69, 9.17) is 4.74 Å². The third kappa shape index (κ3) is 8.48. The summed E-state index contributed by atoms with van der Waals surface area (Å²) < 4.78 is 46.2. The van der Waals surface area contributed by atoms with Gasteiger partial charge in [-0.15, -0.1) is 6.58 Å². The van der Waals surface area contributed by atoms with Gasteiger partial charge in [0.1, 0.15) is 11.3 Å². The number of allylic oxidation sites excluding steroid dienone is 3. The van der Waals surface area contributed by atoms with Crippen LogP contribution in [0.1, 0.15) is 95.9 Å². The van der Waals surface area contributed by atoms with Crippen LogP contribution in [0.5, 0.6) is 0 Å². The Hall–Kier alpha value is -2.64. The topological polar surface area (TPSA) is 56.5 Å². The second-order valence-electron chi connectivity index (χ2n) is 5.93. The van der Waals surface area contributed by atoms with E-state index in [9.17, 15) is 18.0 Å². The SMILES string of the molecule is C.C=CCC(/C=C\CCC)c1cc(C(F)(F)F)n2ncc(C(=O)OCC)c2n1.CC.CC. The lowest BCUT2D eigenvalue weighted by atomic mass is 9.99. The van der Waals surface area contributed by atoms with Gasteiger partial charge in [0.2, 0.25) is 0 Å². The highest BCUT2D eigenvalue weighted by molar-refractivity contribution is 5.95. The highest BCUT2D eigenvalue weighted by Crippen LogP contribution is 2.33. The smallest absolute Gasteiger partial charge is 0.433 e. The van der Waals surface area contributed by atoms with E-state index in [1.807, 2.05) is 46.8 Å². The van der Waals surface area contributed by atoms with Gasteiger partial charge in [-0.05, 0) is 25.8 Å². The number of fused-ring (bicyclic) bond motifs is 1. The molecule has 1 unspecified atom stereocenters. The number of hydrogen-bond acceptors (Lipinski definition) is 4. The van der Waals surface area contributed by atoms with Crippen molar-refractivity contribution in [2.24, 2.45) is 0 Å². The molecule has 182 valence electrons. The monoisotopic (exact) mass is 457 g/mol. The van der Waals surface area contributed by atoms with E-state index in [-0.39, 0.29) is 36.9 Å². The number of alkyl halides is 3. The van der Waals surface area contributed by atoms with Crippen LogP contribution in [0.4, 0.5) is 13.2 Å². The van der Waals surface area contributed by atoms with E-state index >= 15 is 0 Å². The van der Waals surface area contributed by atoms with Gasteiger partial charge in [-0.1, -0.05) is 66.7 Å². The fourth-order valence-corrected chi connectivity index (χ4v) is 2.63. The lowest BCUT2D eigenvalue weighted by molar-refractivity contribution is -0.142. The Morgan fingerprint density at radius 2 is 1.88 bits per heavy atom. The second kappa shape index (κ2) is 16.1. The average molecular weight is 458 g/mol.